The molecule has 0 aliphatic carbocycles. The van der Waals surface area contributed by atoms with Crippen LogP contribution in [0.25, 0.3) is 16.9 Å². The lowest BCUT2D eigenvalue weighted by Gasteiger charge is -2.27. The number of alkyl halides is 2. The summed E-state index contributed by atoms with van der Waals surface area (Å²) in [6.45, 7) is 3.78. The minimum absolute atomic E-state index is 0.00700. The third-order valence-corrected chi connectivity index (χ3v) is 6.93. The molecule has 196 valence electrons. The van der Waals surface area contributed by atoms with Gasteiger partial charge < -0.3 is 24.0 Å². The zero-order valence-corrected chi connectivity index (χ0v) is 20.3. The van der Waals surface area contributed by atoms with Crippen LogP contribution in [0.5, 0.6) is 5.88 Å². The van der Waals surface area contributed by atoms with Gasteiger partial charge in [0.05, 0.1) is 30.8 Å². The van der Waals surface area contributed by atoms with Crippen molar-refractivity contribution in [1.29, 1.82) is 0 Å². The van der Waals surface area contributed by atoms with Gasteiger partial charge in [-0.2, -0.15) is 9.97 Å². The fourth-order valence-electron chi connectivity index (χ4n) is 5.08. The summed E-state index contributed by atoms with van der Waals surface area (Å²) in [5.41, 5.74) is 0.968. The van der Waals surface area contributed by atoms with Gasteiger partial charge in [-0.15, -0.1) is 0 Å². The summed E-state index contributed by atoms with van der Waals surface area (Å²) < 4.78 is 46.7. The Hall–Kier alpha value is -3.38. The van der Waals surface area contributed by atoms with E-state index in [0.29, 0.717) is 69.4 Å². The second-order valence-corrected chi connectivity index (χ2v) is 9.37. The fraction of sp³-hybridized carbons (Fsp3) is 0.520. The first-order valence-corrected chi connectivity index (χ1v) is 12.6. The Morgan fingerprint density at radius 1 is 1.05 bits per heavy atom. The van der Waals surface area contributed by atoms with Crippen LogP contribution in [0.4, 0.5) is 14.7 Å². The van der Waals surface area contributed by atoms with Gasteiger partial charge in [-0.3, -0.25) is 9.36 Å². The quantitative estimate of drug-likeness (QED) is 0.496. The zero-order chi connectivity index (χ0) is 25.4. The molecule has 2 aromatic heterocycles. The fourth-order valence-corrected chi connectivity index (χ4v) is 5.08. The lowest BCUT2D eigenvalue weighted by atomic mass is 10.2. The number of rotatable bonds is 6. The molecular formula is C25H28F2N6O4. The Morgan fingerprint density at radius 2 is 1.89 bits per heavy atom. The summed E-state index contributed by atoms with van der Waals surface area (Å²) in [7, 11) is 0. The van der Waals surface area contributed by atoms with Crippen LogP contribution >= 0.6 is 0 Å². The number of carbonyl (C=O) groups excluding carboxylic acids is 1. The van der Waals surface area contributed by atoms with Crippen LogP contribution in [0.15, 0.2) is 30.3 Å². The van der Waals surface area contributed by atoms with Gasteiger partial charge in [0.2, 0.25) is 11.8 Å². The number of likely N-dealkylation sites (tertiary alicyclic amines) is 1. The number of morpholine rings is 1. The van der Waals surface area contributed by atoms with E-state index in [1.165, 1.54) is 4.57 Å². The molecule has 0 N–H and O–H groups in total. The Morgan fingerprint density at radius 3 is 2.68 bits per heavy atom. The number of hydrogen-bond acceptors (Lipinski definition) is 8. The number of imidazole rings is 1. The Bertz CT molecular complexity index is 1280. The molecule has 10 nitrogen and oxygen atoms in total. The summed E-state index contributed by atoms with van der Waals surface area (Å²) in [5, 5.41) is 0. The summed E-state index contributed by atoms with van der Waals surface area (Å²) >= 11 is 0. The van der Waals surface area contributed by atoms with E-state index in [-0.39, 0.29) is 29.8 Å². The molecule has 3 aliphatic rings. The summed E-state index contributed by atoms with van der Waals surface area (Å²) in [6, 6.07) is 8.52. The largest absolute Gasteiger partial charge is 0.472 e. The number of benzene rings is 1. The number of aromatic nitrogens is 4. The molecule has 0 radical (unpaired) electrons. The zero-order valence-electron chi connectivity index (χ0n) is 20.3. The average Bonchev–Trinajstić information content (AvgIpc) is 3.69. The predicted molar refractivity (Wildman–Crippen MR) is 129 cm³/mol. The van der Waals surface area contributed by atoms with E-state index in [1.807, 2.05) is 4.90 Å². The van der Waals surface area contributed by atoms with Gasteiger partial charge in [0.25, 0.3) is 12.3 Å². The number of fused-ring (bicyclic) bond motifs is 1. The number of nitrogens with zero attached hydrogens (tertiary/aromatic N) is 6. The van der Waals surface area contributed by atoms with Gasteiger partial charge >= 0.3 is 0 Å². The van der Waals surface area contributed by atoms with Crippen molar-refractivity contribution < 1.29 is 27.8 Å². The molecular weight excluding hydrogens is 486 g/mol. The monoisotopic (exact) mass is 514 g/mol. The first-order valence-electron chi connectivity index (χ1n) is 12.6. The minimum Gasteiger partial charge on any atom is -0.472 e. The molecule has 0 unspecified atom stereocenters. The van der Waals surface area contributed by atoms with Crippen molar-refractivity contribution in [3.8, 4) is 11.7 Å². The van der Waals surface area contributed by atoms with Gasteiger partial charge in [0.15, 0.2) is 5.82 Å². The molecule has 3 aromatic rings. The smallest absolute Gasteiger partial charge is 0.296 e. The van der Waals surface area contributed by atoms with Crippen LogP contribution in [0, 0.1) is 0 Å². The third kappa shape index (κ3) is 4.82. The normalized spacial score (nSPS) is 22.4. The molecule has 3 saturated heterocycles. The van der Waals surface area contributed by atoms with Gasteiger partial charge in [-0.05, 0) is 25.0 Å². The SMILES string of the molecule is O=C([C@H]1CCCO1)N1CC[C@H](Oc2cc(-n3c(C(F)F)nc4ccccc43)nc(N3CCOCC3)n2)C1. The molecule has 0 spiro atoms. The van der Waals surface area contributed by atoms with Crippen molar-refractivity contribution in [3.05, 3.63) is 36.2 Å². The van der Waals surface area contributed by atoms with E-state index in [2.05, 4.69) is 15.0 Å². The predicted octanol–water partition coefficient (Wildman–Crippen LogP) is 2.75. The molecule has 37 heavy (non-hydrogen) atoms. The van der Waals surface area contributed by atoms with Crippen molar-refractivity contribution in [1.82, 2.24) is 24.4 Å². The van der Waals surface area contributed by atoms with Gasteiger partial charge in [-0.1, -0.05) is 12.1 Å². The number of para-hydroxylation sites is 2. The number of halogens is 2. The molecule has 1 amide bonds. The number of anilines is 1. The lowest BCUT2D eigenvalue weighted by molar-refractivity contribution is -0.140. The van der Waals surface area contributed by atoms with Crippen LogP contribution < -0.4 is 9.64 Å². The molecule has 1 aromatic carbocycles. The van der Waals surface area contributed by atoms with Crippen LogP contribution in [0.1, 0.15) is 31.5 Å². The molecule has 0 saturated carbocycles. The number of hydrogen-bond donors (Lipinski definition) is 0. The van der Waals surface area contributed by atoms with Gasteiger partial charge in [-0.25, -0.2) is 13.8 Å². The van der Waals surface area contributed by atoms with Crippen molar-refractivity contribution in [2.24, 2.45) is 0 Å². The second-order valence-electron chi connectivity index (χ2n) is 9.37. The Balaban J connectivity index is 1.33. The topological polar surface area (TPSA) is 94.8 Å². The molecule has 12 heteroatoms. The maximum Gasteiger partial charge on any atom is 0.296 e. The number of ether oxygens (including phenoxy) is 3. The molecule has 6 rings (SSSR count). The highest BCUT2D eigenvalue weighted by Gasteiger charge is 2.34. The molecule has 0 bridgehead atoms. The highest BCUT2D eigenvalue weighted by atomic mass is 19.3. The summed E-state index contributed by atoms with van der Waals surface area (Å²) in [6.07, 6.45) is -1.18. The average molecular weight is 515 g/mol. The first kappa shape index (κ1) is 24.0. The van der Waals surface area contributed by atoms with Crippen LogP contribution in [-0.2, 0) is 14.3 Å². The van der Waals surface area contributed by atoms with E-state index in [1.54, 1.807) is 35.2 Å². The molecule has 3 fully saturated rings. The van der Waals surface area contributed by atoms with E-state index < -0.39 is 12.2 Å². The molecule has 2 atom stereocenters. The Kier molecular flexibility index (Phi) is 6.59. The van der Waals surface area contributed by atoms with E-state index in [4.69, 9.17) is 14.2 Å². The molecule has 3 aliphatic heterocycles. The minimum atomic E-state index is -2.80. The Labute approximate surface area is 212 Å². The van der Waals surface area contributed by atoms with Crippen LogP contribution in [0.3, 0.4) is 0 Å². The maximum atomic E-state index is 14.0. The third-order valence-electron chi connectivity index (χ3n) is 6.93. The summed E-state index contributed by atoms with van der Waals surface area (Å²) in [5.74, 6) is 0.487. The first-order chi connectivity index (χ1) is 18.1. The highest BCUT2D eigenvalue weighted by molar-refractivity contribution is 5.81. The number of carbonyl (C=O) groups is 1. The lowest BCUT2D eigenvalue weighted by Crippen LogP contribution is -2.38. The van der Waals surface area contributed by atoms with Crippen molar-refractivity contribution in [3.63, 3.8) is 0 Å². The van der Waals surface area contributed by atoms with Gasteiger partial charge in [0, 0.05) is 38.7 Å². The highest BCUT2D eigenvalue weighted by Crippen LogP contribution is 2.30. The van der Waals surface area contributed by atoms with E-state index in [9.17, 15) is 13.6 Å². The van der Waals surface area contributed by atoms with E-state index >= 15 is 0 Å². The second kappa shape index (κ2) is 10.2. The van der Waals surface area contributed by atoms with E-state index in [0.717, 1.165) is 12.8 Å². The van der Waals surface area contributed by atoms with Crippen molar-refractivity contribution in [2.45, 2.75) is 37.9 Å². The number of amides is 1. The van der Waals surface area contributed by atoms with Crippen molar-refractivity contribution in [2.75, 3.05) is 50.9 Å². The van der Waals surface area contributed by atoms with Crippen molar-refractivity contribution >= 4 is 22.9 Å². The van der Waals surface area contributed by atoms with Crippen LogP contribution in [-0.4, -0.2) is 88.5 Å². The van der Waals surface area contributed by atoms with Gasteiger partial charge in [0.1, 0.15) is 18.0 Å². The standard InChI is InChI=1S/C25H28F2N6O4/c26-22(27)23-28-17-4-1-2-5-18(17)33(23)20-14-21(30-25(29-20)31-9-12-35-13-10-31)37-16-7-8-32(15-16)24(34)19-6-3-11-36-19/h1-2,4-5,14,16,19,22H,3,6-13,15H2/t16-,19+/m0/s1. The maximum absolute atomic E-state index is 14.0. The van der Waals surface area contributed by atoms with Crippen LogP contribution in [0.2, 0.25) is 0 Å². The summed E-state index contributed by atoms with van der Waals surface area (Å²) in [4.78, 5) is 29.9. The molecule has 5 heterocycles.